The number of sulfonamides is 1. The van der Waals surface area contributed by atoms with E-state index in [4.69, 9.17) is 16.3 Å². The lowest BCUT2D eigenvalue weighted by atomic mass is 9.91. The van der Waals surface area contributed by atoms with Gasteiger partial charge in [-0.1, -0.05) is 11.6 Å². The zero-order valence-corrected chi connectivity index (χ0v) is 12.5. The maximum atomic E-state index is 13.9. The van der Waals surface area contributed by atoms with E-state index in [1.165, 1.54) is 19.1 Å². The van der Waals surface area contributed by atoms with E-state index >= 15 is 0 Å². The zero-order valence-electron chi connectivity index (χ0n) is 11.0. The first-order valence-corrected chi connectivity index (χ1v) is 7.92. The van der Waals surface area contributed by atoms with Gasteiger partial charge in [0.15, 0.2) is 0 Å². The van der Waals surface area contributed by atoms with Crippen LogP contribution in [-0.4, -0.2) is 25.6 Å². The average Bonchev–Trinajstić information content (AvgIpc) is 2.56. The fraction of sp³-hybridized carbons (Fsp3) is 0.250. The Hall–Kier alpha value is -1.80. The number of benzene rings is 1. The van der Waals surface area contributed by atoms with E-state index in [0.717, 1.165) is 12.3 Å². The Kier molecular flexibility index (Phi) is 3.63. The molecule has 0 aromatic heterocycles. The molecule has 1 atom stereocenters. The number of hydrogen-bond donors (Lipinski definition) is 2. The van der Waals surface area contributed by atoms with Gasteiger partial charge in [-0.3, -0.25) is 9.52 Å². The maximum absolute atomic E-state index is 13.9. The Labute approximate surface area is 125 Å². The van der Waals surface area contributed by atoms with Crippen molar-refractivity contribution in [2.24, 2.45) is 0 Å². The van der Waals surface area contributed by atoms with Crippen molar-refractivity contribution >= 4 is 27.4 Å². The molecule has 1 aromatic rings. The molecule has 2 rings (SSSR count). The molecule has 0 saturated carbocycles. The van der Waals surface area contributed by atoms with Crippen molar-refractivity contribution in [1.82, 2.24) is 4.72 Å². The molecule has 9 heteroatoms. The van der Waals surface area contributed by atoms with Gasteiger partial charge in [0.2, 0.25) is 27.3 Å². The Morgan fingerprint density at radius 2 is 2.05 bits per heavy atom. The van der Waals surface area contributed by atoms with Gasteiger partial charge in [-0.05, 0) is 25.1 Å². The van der Waals surface area contributed by atoms with Crippen LogP contribution in [-0.2, 0) is 25.2 Å². The summed E-state index contributed by atoms with van der Waals surface area (Å²) in [6.07, 6.45) is 0.816. The summed E-state index contributed by atoms with van der Waals surface area (Å²) < 4.78 is 43.3. The van der Waals surface area contributed by atoms with Crippen LogP contribution in [0.1, 0.15) is 12.5 Å². The van der Waals surface area contributed by atoms with Crippen molar-refractivity contribution in [2.75, 3.05) is 6.26 Å². The normalized spacial score (nSPS) is 22.4. The molecule has 0 fully saturated rings. The van der Waals surface area contributed by atoms with Gasteiger partial charge < -0.3 is 9.84 Å². The molecule has 1 unspecified atom stereocenters. The van der Waals surface area contributed by atoms with Crippen LogP contribution in [0.2, 0.25) is 5.02 Å². The Bertz CT molecular complexity index is 761. The summed E-state index contributed by atoms with van der Waals surface area (Å²) >= 11 is 5.76. The first-order valence-electron chi connectivity index (χ1n) is 5.65. The third-order valence-electron chi connectivity index (χ3n) is 2.89. The molecule has 0 spiro atoms. The lowest BCUT2D eigenvalue weighted by Crippen LogP contribution is -2.33. The number of carbonyl (C=O) groups excluding carboxylic acids is 1. The number of nitrogens with one attached hydrogen (secondary N) is 1. The van der Waals surface area contributed by atoms with Crippen LogP contribution in [0.5, 0.6) is 0 Å². The predicted molar refractivity (Wildman–Crippen MR) is 72.5 cm³/mol. The number of ether oxygens (including phenoxy) is 1. The summed E-state index contributed by atoms with van der Waals surface area (Å²) in [5.41, 5.74) is -2.12. The highest BCUT2D eigenvalue weighted by Gasteiger charge is 2.50. The molecule has 2 N–H and O–H groups in total. The maximum Gasteiger partial charge on any atom is 0.250 e. The molecule has 0 saturated heterocycles. The molecular weight excluding hydrogens is 325 g/mol. The summed E-state index contributed by atoms with van der Waals surface area (Å²) in [5.74, 6) is -3.33. The minimum absolute atomic E-state index is 0.160. The van der Waals surface area contributed by atoms with Crippen molar-refractivity contribution in [3.05, 3.63) is 46.2 Å². The van der Waals surface area contributed by atoms with Crippen molar-refractivity contribution in [3.8, 4) is 0 Å². The molecular formula is C12H11ClFNO5S. The Morgan fingerprint density at radius 1 is 1.43 bits per heavy atom. The number of aliphatic hydroxyl groups excluding tert-OH is 1. The Morgan fingerprint density at radius 3 is 2.62 bits per heavy atom. The molecule has 1 aliphatic rings. The topological polar surface area (TPSA) is 92.7 Å². The molecule has 1 aromatic carbocycles. The molecule has 0 aliphatic carbocycles. The number of ketones is 1. The number of halogens is 2. The van der Waals surface area contributed by atoms with E-state index < -0.39 is 38.9 Å². The second kappa shape index (κ2) is 4.88. The van der Waals surface area contributed by atoms with E-state index in [2.05, 4.69) is 0 Å². The molecule has 1 heterocycles. The summed E-state index contributed by atoms with van der Waals surface area (Å²) in [7, 11) is -3.78. The van der Waals surface area contributed by atoms with Gasteiger partial charge in [0, 0.05) is 10.6 Å². The van der Waals surface area contributed by atoms with E-state index in [9.17, 15) is 22.7 Å². The summed E-state index contributed by atoms with van der Waals surface area (Å²) in [6, 6.07) is 3.50. The largest absolute Gasteiger partial charge is 0.501 e. The second-order valence-corrected chi connectivity index (χ2v) is 6.83. The van der Waals surface area contributed by atoms with Crippen LogP contribution in [0.25, 0.3) is 0 Å². The number of hydrogen-bond acceptors (Lipinski definition) is 5. The fourth-order valence-corrected chi connectivity index (χ4v) is 2.55. The monoisotopic (exact) mass is 335 g/mol. The molecule has 0 amide bonds. The fourth-order valence-electron chi connectivity index (χ4n) is 1.91. The highest BCUT2D eigenvalue weighted by Crippen LogP contribution is 2.39. The number of rotatable bonds is 3. The molecule has 0 radical (unpaired) electrons. The Balaban J connectivity index is 2.48. The first-order chi connectivity index (χ1) is 9.54. The van der Waals surface area contributed by atoms with Gasteiger partial charge in [-0.25, -0.2) is 12.8 Å². The van der Waals surface area contributed by atoms with E-state index in [1.807, 2.05) is 4.72 Å². The highest BCUT2D eigenvalue weighted by molar-refractivity contribution is 7.88. The van der Waals surface area contributed by atoms with Crippen LogP contribution >= 0.6 is 11.6 Å². The van der Waals surface area contributed by atoms with Gasteiger partial charge in [0.25, 0.3) is 5.78 Å². The van der Waals surface area contributed by atoms with Gasteiger partial charge in [0.05, 0.1) is 6.26 Å². The van der Waals surface area contributed by atoms with Gasteiger partial charge in [-0.15, -0.1) is 0 Å². The van der Waals surface area contributed by atoms with Crippen molar-refractivity contribution in [2.45, 2.75) is 12.5 Å². The number of aliphatic hydroxyl groups is 1. The van der Waals surface area contributed by atoms with Crippen LogP contribution in [0.15, 0.2) is 29.8 Å². The highest BCUT2D eigenvalue weighted by atomic mass is 35.5. The number of carbonyl (C=O) groups is 1. The molecule has 1 aliphatic heterocycles. The van der Waals surface area contributed by atoms with Gasteiger partial charge >= 0.3 is 0 Å². The number of Topliss-reactive ketones (excluding diaryl/α,β-unsaturated/α-hetero) is 1. The standard InChI is InChI=1S/C12H11ClFNO5S/c1-12(7-5-6(13)3-4-8(7)14)10(17)9(16)11(20-12)15-21(2,18)19/h3-5,15-16H,1-2H3. The van der Waals surface area contributed by atoms with Crippen molar-refractivity contribution < 1.29 is 27.4 Å². The lowest BCUT2D eigenvalue weighted by molar-refractivity contribution is -0.132. The SMILES string of the molecule is CC1(c2cc(Cl)ccc2F)OC(NS(C)(=O)=O)=C(O)C1=O. The first kappa shape index (κ1) is 15.6. The predicted octanol–water partition coefficient (Wildman–Crippen LogP) is 1.57. The van der Waals surface area contributed by atoms with Crippen molar-refractivity contribution in [3.63, 3.8) is 0 Å². The zero-order chi connectivity index (χ0) is 16.0. The molecule has 0 bridgehead atoms. The van der Waals surface area contributed by atoms with E-state index in [0.29, 0.717) is 0 Å². The van der Waals surface area contributed by atoms with Crippen LogP contribution in [0.4, 0.5) is 4.39 Å². The van der Waals surface area contributed by atoms with E-state index in [1.54, 1.807) is 0 Å². The third kappa shape index (κ3) is 2.81. The second-order valence-electron chi connectivity index (χ2n) is 4.64. The quantitative estimate of drug-likeness (QED) is 0.874. The van der Waals surface area contributed by atoms with Gasteiger partial charge in [0.1, 0.15) is 5.82 Å². The summed E-state index contributed by atoms with van der Waals surface area (Å²) in [4.78, 5) is 12.1. The lowest BCUT2D eigenvalue weighted by Gasteiger charge is -2.24. The van der Waals surface area contributed by atoms with Crippen LogP contribution in [0.3, 0.4) is 0 Å². The van der Waals surface area contributed by atoms with Gasteiger partial charge in [-0.2, -0.15) is 0 Å². The minimum Gasteiger partial charge on any atom is -0.501 e. The van der Waals surface area contributed by atoms with Crippen molar-refractivity contribution in [1.29, 1.82) is 0 Å². The minimum atomic E-state index is -3.78. The summed E-state index contributed by atoms with van der Waals surface area (Å²) in [5, 5.41) is 9.86. The third-order valence-corrected chi connectivity index (χ3v) is 3.68. The molecule has 21 heavy (non-hydrogen) atoms. The van der Waals surface area contributed by atoms with E-state index in [-0.39, 0.29) is 10.6 Å². The molecule has 114 valence electrons. The van der Waals surface area contributed by atoms with Crippen LogP contribution in [0, 0.1) is 5.82 Å². The van der Waals surface area contributed by atoms with Crippen LogP contribution < -0.4 is 4.72 Å². The summed E-state index contributed by atoms with van der Waals surface area (Å²) in [6.45, 7) is 1.21. The average molecular weight is 336 g/mol. The molecule has 6 nitrogen and oxygen atoms in total. The smallest absolute Gasteiger partial charge is 0.250 e.